The Hall–Kier alpha value is 0.354. The van der Waals surface area contributed by atoms with Crippen molar-refractivity contribution in [1.29, 1.82) is 0 Å². The summed E-state index contributed by atoms with van der Waals surface area (Å²) in [6.45, 7) is 23.4. The van der Waals surface area contributed by atoms with Gasteiger partial charge in [-0.3, -0.25) is 0 Å². The maximum absolute atomic E-state index is 6.40. The van der Waals surface area contributed by atoms with Gasteiger partial charge < -0.3 is 8.85 Å². The maximum Gasteiger partial charge on any atom is 0.184 e. The SMILES string of the molecule is CC(C)C(O[Si](C)(C)C)C(C)(C)CO[Si](C)(C)C. The molecule has 0 saturated carbocycles. The van der Waals surface area contributed by atoms with Crippen LogP contribution in [0.3, 0.4) is 0 Å². The molecule has 18 heavy (non-hydrogen) atoms. The zero-order valence-electron chi connectivity index (χ0n) is 14.2. The van der Waals surface area contributed by atoms with Crippen molar-refractivity contribution < 1.29 is 8.85 Å². The minimum Gasteiger partial charge on any atom is -0.417 e. The Bertz CT molecular complexity index is 250. The van der Waals surface area contributed by atoms with Crippen molar-refractivity contribution in [3.05, 3.63) is 0 Å². The summed E-state index contributed by atoms with van der Waals surface area (Å²) in [6.07, 6.45) is 0.278. The molecule has 0 spiro atoms. The summed E-state index contributed by atoms with van der Waals surface area (Å²) in [5.74, 6) is 0.525. The lowest BCUT2D eigenvalue weighted by atomic mass is 9.82. The van der Waals surface area contributed by atoms with Crippen LogP contribution in [-0.4, -0.2) is 29.3 Å². The second kappa shape index (κ2) is 6.20. The summed E-state index contributed by atoms with van der Waals surface area (Å²) in [6, 6.07) is 0. The Morgan fingerprint density at radius 2 is 1.33 bits per heavy atom. The Labute approximate surface area is 117 Å². The molecule has 0 heterocycles. The average molecular weight is 291 g/mol. The second-order valence-electron chi connectivity index (χ2n) is 8.28. The van der Waals surface area contributed by atoms with Gasteiger partial charge in [0.15, 0.2) is 16.6 Å². The van der Waals surface area contributed by atoms with Crippen molar-refractivity contribution in [3.63, 3.8) is 0 Å². The topological polar surface area (TPSA) is 18.5 Å². The van der Waals surface area contributed by atoms with E-state index in [0.29, 0.717) is 5.92 Å². The van der Waals surface area contributed by atoms with Gasteiger partial charge in [0.05, 0.1) is 6.10 Å². The minimum atomic E-state index is -1.51. The van der Waals surface area contributed by atoms with E-state index in [1.807, 2.05) is 0 Å². The van der Waals surface area contributed by atoms with Crippen molar-refractivity contribution in [3.8, 4) is 0 Å². The Kier molecular flexibility index (Phi) is 6.32. The highest BCUT2D eigenvalue weighted by Gasteiger charge is 2.37. The molecule has 2 nitrogen and oxygen atoms in total. The third kappa shape index (κ3) is 7.72. The molecule has 0 aromatic heterocycles. The minimum absolute atomic E-state index is 0.0781. The van der Waals surface area contributed by atoms with Crippen LogP contribution in [0.15, 0.2) is 0 Å². The first-order valence-corrected chi connectivity index (χ1v) is 13.9. The van der Waals surface area contributed by atoms with E-state index in [1.165, 1.54) is 0 Å². The Morgan fingerprint density at radius 3 is 1.61 bits per heavy atom. The predicted octanol–water partition coefficient (Wildman–Crippen LogP) is 4.74. The Balaban J connectivity index is 4.77. The maximum atomic E-state index is 6.40. The summed E-state index contributed by atoms with van der Waals surface area (Å²) < 4.78 is 12.5. The van der Waals surface area contributed by atoms with Crippen molar-refractivity contribution in [2.24, 2.45) is 11.3 Å². The van der Waals surface area contributed by atoms with Crippen LogP contribution < -0.4 is 0 Å². The van der Waals surface area contributed by atoms with Gasteiger partial charge in [0.1, 0.15) is 0 Å². The standard InChI is InChI=1S/C14H34O2Si2/c1-12(2)13(16-18(8,9)10)14(3,4)11-15-17(5,6)7/h12-13H,11H2,1-10H3. The Morgan fingerprint density at radius 1 is 0.889 bits per heavy atom. The summed E-state index contributed by atoms with van der Waals surface area (Å²) in [4.78, 5) is 0. The molecule has 0 N–H and O–H groups in total. The van der Waals surface area contributed by atoms with Crippen LogP contribution in [0.25, 0.3) is 0 Å². The second-order valence-corrected chi connectivity index (χ2v) is 17.3. The molecule has 0 rings (SSSR count). The van der Waals surface area contributed by atoms with Gasteiger partial charge in [-0.1, -0.05) is 27.7 Å². The van der Waals surface area contributed by atoms with E-state index in [4.69, 9.17) is 8.85 Å². The van der Waals surface area contributed by atoms with E-state index in [9.17, 15) is 0 Å². The largest absolute Gasteiger partial charge is 0.417 e. The molecule has 0 aromatic carbocycles. The van der Waals surface area contributed by atoms with E-state index in [2.05, 4.69) is 67.0 Å². The van der Waals surface area contributed by atoms with Gasteiger partial charge in [-0.25, -0.2) is 0 Å². The van der Waals surface area contributed by atoms with Gasteiger partial charge in [0, 0.05) is 12.0 Å². The molecule has 0 radical (unpaired) electrons. The third-order valence-corrected chi connectivity index (χ3v) is 4.70. The molecular weight excluding hydrogens is 256 g/mol. The van der Waals surface area contributed by atoms with Gasteiger partial charge in [0.2, 0.25) is 0 Å². The normalized spacial score (nSPS) is 16.2. The molecule has 0 aliphatic rings. The lowest BCUT2D eigenvalue weighted by Crippen LogP contribution is -2.47. The average Bonchev–Trinajstić information content (AvgIpc) is 2.08. The van der Waals surface area contributed by atoms with Gasteiger partial charge in [-0.15, -0.1) is 0 Å². The molecule has 0 aliphatic heterocycles. The fourth-order valence-electron chi connectivity index (χ4n) is 2.06. The lowest BCUT2D eigenvalue weighted by molar-refractivity contribution is -0.00299. The molecule has 110 valence electrons. The van der Waals surface area contributed by atoms with Crippen LogP contribution in [0.2, 0.25) is 39.3 Å². The van der Waals surface area contributed by atoms with Crippen molar-refractivity contribution >= 4 is 16.6 Å². The lowest BCUT2D eigenvalue weighted by Gasteiger charge is -2.41. The van der Waals surface area contributed by atoms with Crippen molar-refractivity contribution in [2.75, 3.05) is 6.61 Å². The van der Waals surface area contributed by atoms with E-state index in [0.717, 1.165) is 6.61 Å². The zero-order chi connectivity index (χ0) is 14.8. The molecule has 0 bridgehead atoms. The molecule has 4 heteroatoms. The van der Waals surface area contributed by atoms with Crippen LogP contribution in [0, 0.1) is 11.3 Å². The first-order chi connectivity index (χ1) is 7.75. The summed E-state index contributed by atoms with van der Waals surface area (Å²) in [5.41, 5.74) is 0.0781. The van der Waals surface area contributed by atoms with Gasteiger partial charge in [-0.05, 0) is 45.2 Å². The molecule has 0 aromatic rings. The molecule has 0 amide bonds. The highest BCUT2D eigenvalue weighted by Crippen LogP contribution is 2.32. The number of rotatable bonds is 7. The molecule has 0 aliphatic carbocycles. The zero-order valence-corrected chi connectivity index (χ0v) is 16.2. The smallest absolute Gasteiger partial charge is 0.184 e. The van der Waals surface area contributed by atoms with E-state index in [-0.39, 0.29) is 11.5 Å². The molecule has 0 saturated heterocycles. The highest BCUT2D eigenvalue weighted by molar-refractivity contribution is 6.70. The van der Waals surface area contributed by atoms with E-state index < -0.39 is 16.6 Å². The quantitative estimate of drug-likeness (QED) is 0.631. The van der Waals surface area contributed by atoms with Gasteiger partial charge >= 0.3 is 0 Å². The van der Waals surface area contributed by atoms with E-state index in [1.54, 1.807) is 0 Å². The van der Waals surface area contributed by atoms with Crippen LogP contribution >= 0.6 is 0 Å². The molecule has 1 unspecified atom stereocenters. The van der Waals surface area contributed by atoms with Crippen LogP contribution in [0.4, 0.5) is 0 Å². The first-order valence-electron chi connectivity index (χ1n) is 7.06. The third-order valence-electron chi connectivity index (χ3n) is 2.73. The monoisotopic (exact) mass is 290 g/mol. The molecule has 1 atom stereocenters. The molecule has 0 fully saturated rings. The van der Waals surface area contributed by atoms with Crippen LogP contribution in [0.1, 0.15) is 27.7 Å². The highest BCUT2D eigenvalue weighted by atomic mass is 28.4. The van der Waals surface area contributed by atoms with Crippen LogP contribution in [-0.2, 0) is 8.85 Å². The van der Waals surface area contributed by atoms with Crippen molar-refractivity contribution in [1.82, 2.24) is 0 Å². The number of hydrogen-bond acceptors (Lipinski definition) is 2. The predicted molar refractivity (Wildman–Crippen MR) is 86.1 cm³/mol. The summed E-state index contributed by atoms with van der Waals surface area (Å²) in [5, 5.41) is 0. The fraction of sp³-hybridized carbons (Fsp3) is 1.00. The van der Waals surface area contributed by atoms with Crippen LogP contribution in [0.5, 0.6) is 0 Å². The van der Waals surface area contributed by atoms with Gasteiger partial charge in [0.25, 0.3) is 0 Å². The van der Waals surface area contributed by atoms with Gasteiger partial charge in [-0.2, -0.15) is 0 Å². The summed E-state index contributed by atoms with van der Waals surface area (Å²) >= 11 is 0. The summed E-state index contributed by atoms with van der Waals surface area (Å²) in [7, 11) is -2.96. The first kappa shape index (κ1) is 18.4. The molecular formula is C14H34O2Si2. The van der Waals surface area contributed by atoms with E-state index >= 15 is 0 Å². The van der Waals surface area contributed by atoms with Crippen molar-refractivity contribution in [2.45, 2.75) is 73.1 Å². The fourth-order valence-corrected chi connectivity index (χ4v) is 4.22. The number of hydrogen-bond donors (Lipinski definition) is 0.